The Morgan fingerprint density at radius 1 is 1.50 bits per heavy atom. The van der Waals surface area contributed by atoms with Crippen LogP contribution < -0.4 is 5.32 Å². The van der Waals surface area contributed by atoms with Crippen LogP contribution in [0.2, 0.25) is 0 Å². The third-order valence-electron chi connectivity index (χ3n) is 2.44. The fourth-order valence-corrected chi connectivity index (χ4v) is 2.06. The van der Waals surface area contributed by atoms with E-state index in [4.69, 9.17) is 0 Å². The van der Waals surface area contributed by atoms with Crippen LogP contribution in [-0.4, -0.2) is 17.6 Å². The minimum atomic E-state index is 0.530. The lowest BCUT2D eigenvalue weighted by Gasteiger charge is -2.14. The molecule has 0 fully saturated rings. The molecule has 1 aromatic rings. The van der Waals surface area contributed by atoms with Gasteiger partial charge in [-0.05, 0) is 20.3 Å². The van der Waals surface area contributed by atoms with E-state index in [-0.39, 0.29) is 0 Å². The van der Waals surface area contributed by atoms with Crippen molar-refractivity contribution in [1.29, 1.82) is 0 Å². The van der Waals surface area contributed by atoms with Gasteiger partial charge in [0.1, 0.15) is 0 Å². The zero-order chi connectivity index (χ0) is 10.6. The first kappa shape index (κ1) is 11.7. The Balaban J connectivity index is 2.39. The van der Waals surface area contributed by atoms with E-state index in [1.165, 1.54) is 11.4 Å². The molecule has 2 unspecified atom stereocenters. The highest BCUT2D eigenvalue weighted by atomic mass is 32.1. The summed E-state index contributed by atoms with van der Waals surface area (Å²) in [5.74, 6) is 0.530. The number of thiazole rings is 1. The molecule has 0 saturated carbocycles. The molecule has 80 valence electrons. The standard InChI is InChI=1S/C11H20N2S/c1-5-9(3)12-6-8(2)11-13-10(4)7-14-11/h7-9,12H,5-6H2,1-4H3. The zero-order valence-corrected chi connectivity index (χ0v) is 10.3. The van der Waals surface area contributed by atoms with E-state index in [0.717, 1.165) is 12.2 Å². The Bertz CT molecular complexity index is 270. The molecule has 3 heteroatoms. The van der Waals surface area contributed by atoms with Crippen LogP contribution in [-0.2, 0) is 0 Å². The monoisotopic (exact) mass is 212 g/mol. The molecule has 0 aliphatic heterocycles. The molecule has 14 heavy (non-hydrogen) atoms. The molecular formula is C11H20N2S. The van der Waals surface area contributed by atoms with Crippen LogP contribution in [0.4, 0.5) is 0 Å². The maximum Gasteiger partial charge on any atom is 0.0969 e. The molecule has 0 bridgehead atoms. The van der Waals surface area contributed by atoms with Crippen molar-refractivity contribution in [1.82, 2.24) is 10.3 Å². The van der Waals surface area contributed by atoms with Crippen LogP contribution in [0.3, 0.4) is 0 Å². The van der Waals surface area contributed by atoms with Gasteiger partial charge in [0.05, 0.1) is 5.01 Å². The average Bonchev–Trinajstić information content (AvgIpc) is 2.60. The van der Waals surface area contributed by atoms with Gasteiger partial charge in [0.2, 0.25) is 0 Å². The topological polar surface area (TPSA) is 24.9 Å². The Kier molecular flexibility index (Phi) is 4.55. The van der Waals surface area contributed by atoms with Crippen molar-refractivity contribution < 1.29 is 0 Å². The normalized spacial score (nSPS) is 15.4. The number of aryl methyl sites for hydroxylation is 1. The molecule has 2 atom stereocenters. The molecule has 0 radical (unpaired) electrons. The van der Waals surface area contributed by atoms with Crippen LogP contribution in [0.25, 0.3) is 0 Å². The van der Waals surface area contributed by atoms with Crippen LogP contribution >= 0.6 is 11.3 Å². The van der Waals surface area contributed by atoms with E-state index in [1.807, 2.05) is 0 Å². The molecule has 1 heterocycles. The van der Waals surface area contributed by atoms with Gasteiger partial charge in [0.15, 0.2) is 0 Å². The molecule has 1 rings (SSSR count). The summed E-state index contributed by atoms with van der Waals surface area (Å²) in [6.07, 6.45) is 1.18. The highest BCUT2D eigenvalue weighted by Gasteiger charge is 2.09. The summed E-state index contributed by atoms with van der Waals surface area (Å²) in [6, 6.07) is 0.610. The average molecular weight is 212 g/mol. The second-order valence-electron chi connectivity index (χ2n) is 3.95. The SMILES string of the molecule is CCC(C)NCC(C)c1nc(C)cs1. The summed E-state index contributed by atoms with van der Waals surface area (Å²) in [6.45, 7) is 9.74. The fourth-order valence-electron chi connectivity index (χ4n) is 1.21. The summed E-state index contributed by atoms with van der Waals surface area (Å²) in [4.78, 5) is 4.49. The third-order valence-corrected chi connectivity index (χ3v) is 3.64. The Morgan fingerprint density at radius 3 is 2.71 bits per heavy atom. The lowest BCUT2D eigenvalue weighted by molar-refractivity contribution is 0.507. The van der Waals surface area contributed by atoms with Crippen LogP contribution in [0.1, 0.15) is 43.8 Å². The van der Waals surface area contributed by atoms with Crippen LogP contribution in [0.15, 0.2) is 5.38 Å². The number of rotatable bonds is 5. The Hall–Kier alpha value is -0.410. The quantitative estimate of drug-likeness (QED) is 0.811. The van der Waals surface area contributed by atoms with Crippen molar-refractivity contribution in [2.75, 3.05) is 6.54 Å². The zero-order valence-electron chi connectivity index (χ0n) is 9.50. The Labute approximate surface area is 90.8 Å². The molecule has 1 N–H and O–H groups in total. The minimum absolute atomic E-state index is 0.530. The van der Waals surface area contributed by atoms with Crippen molar-refractivity contribution in [3.63, 3.8) is 0 Å². The van der Waals surface area contributed by atoms with Crippen molar-refractivity contribution in [2.24, 2.45) is 0 Å². The number of nitrogens with one attached hydrogen (secondary N) is 1. The molecule has 0 saturated heterocycles. The molecule has 0 aliphatic rings. The maximum absolute atomic E-state index is 4.49. The summed E-state index contributed by atoms with van der Waals surface area (Å²) < 4.78 is 0. The first-order chi connectivity index (χ1) is 6.63. The summed E-state index contributed by atoms with van der Waals surface area (Å²) in [5, 5.41) is 6.88. The van der Waals surface area contributed by atoms with Crippen molar-refractivity contribution in [3.05, 3.63) is 16.1 Å². The predicted octanol–water partition coefficient (Wildman–Crippen LogP) is 2.94. The second kappa shape index (κ2) is 5.47. The molecule has 1 aromatic heterocycles. The van der Waals surface area contributed by atoms with Gasteiger partial charge in [0, 0.05) is 29.6 Å². The summed E-state index contributed by atoms with van der Waals surface area (Å²) in [5.41, 5.74) is 1.14. The van der Waals surface area contributed by atoms with Gasteiger partial charge < -0.3 is 5.32 Å². The van der Waals surface area contributed by atoms with Gasteiger partial charge >= 0.3 is 0 Å². The number of hydrogen-bond acceptors (Lipinski definition) is 3. The molecule has 0 aromatic carbocycles. The van der Waals surface area contributed by atoms with Gasteiger partial charge in [-0.15, -0.1) is 11.3 Å². The van der Waals surface area contributed by atoms with Crippen molar-refractivity contribution >= 4 is 11.3 Å². The molecule has 0 spiro atoms. The van der Waals surface area contributed by atoms with Gasteiger partial charge in [0.25, 0.3) is 0 Å². The van der Waals surface area contributed by atoms with Crippen LogP contribution in [0, 0.1) is 6.92 Å². The molecule has 2 nitrogen and oxygen atoms in total. The van der Waals surface area contributed by atoms with Crippen LogP contribution in [0.5, 0.6) is 0 Å². The summed E-state index contributed by atoms with van der Waals surface area (Å²) >= 11 is 1.77. The first-order valence-electron chi connectivity index (χ1n) is 5.28. The maximum atomic E-state index is 4.49. The van der Waals surface area contributed by atoms with E-state index >= 15 is 0 Å². The lowest BCUT2D eigenvalue weighted by Crippen LogP contribution is -2.28. The first-order valence-corrected chi connectivity index (χ1v) is 6.16. The minimum Gasteiger partial charge on any atom is -0.314 e. The lowest BCUT2D eigenvalue weighted by atomic mass is 10.1. The highest BCUT2D eigenvalue weighted by molar-refractivity contribution is 7.09. The van der Waals surface area contributed by atoms with E-state index < -0.39 is 0 Å². The highest BCUT2D eigenvalue weighted by Crippen LogP contribution is 2.18. The fraction of sp³-hybridized carbons (Fsp3) is 0.727. The van der Waals surface area contributed by atoms with E-state index in [2.05, 4.69) is 43.4 Å². The van der Waals surface area contributed by atoms with E-state index in [0.29, 0.717) is 12.0 Å². The van der Waals surface area contributed by atoms with E-state index in [9.17, 15) is 0 Å². The van der Waals surface area contributed by atoms with Crippen molar-refractivity contribution in [2.45, 2.75) is 46.1 Å². The smallest absolute Gasteiger partial charge is 0.0969 e. The second-order valence-corrected chi connectivity index (χ2v) is 4.84. The molecule has 0 amide bonds. The van der Waals surface area contributed by atoms with Gasteiger partial charge in [-0.25, -0.2) is 4.98 Å². The predicted molar refractivity (Wildman–Crippen MR) is 63.0 cm³/mol. The molecule has 0 aliphatic carbocycles. The molecular weight excluding hydrogens is 192 g/mol. The Morgan fingerprint density at radius 2 is 2.21 bits per heavy atom. The van der Waals surface area contributed by atoms with Gasteiger partial charge in [-0.3, -0.25) is 0 Å². The largest absolute Gasteiger partial charge is 0.314 e. The van der Waals surface area contributed by atoms with Gasteiger partial charge in [-0.1, -0.05) is 13.8 Å². The summed E-state index contributed by atoms with van der Waals surface area (Å²) in [7, 11) is 0. The number of aromatic nitrogens is 1. The van der Waals surface area contributed by atoms with Crippen molar-refractivity contribution in [3.8, 4) is 0 Å². The number of hydrogen-bond donors (Lipinski definition) is 1. The van der Waals surface area contributed by atoms with Gasteiger partial charge in [-0.2, -0.15) is 0 Å². The number of nitrogens with zero attached hydrogens (tertiary/aromatic N) is 1. The van der Waals surface area contributed by atoms with E-state index in [1.54, 1.807) is 11.3 Å². The third kappa shape index (κ3) is 3.39.